The molecule has 0 aromatic heterocycles. The van der Waals surface area contributed by atoms with E-state index in [2.05, 4.69) is 110 Å². The molecule has 0 spiro atoms. The third-order valence-electron chi connectivity index (χ3n) is 4.67. The van der Waals surface area contributed by atoms with Crippen molar-refractivity contribution in [3.8, 4) is 11.1 Å². The molecule has 0 aliphatic rings. The Morgan fingerprint density at radius 2 is 1.33 bits per heavy atom. The second-order valence-corrected chi connectivity index (χ2v) is 6.36. The van der Waals surface area contributed by atoms with Gasteiger partial charge < -0.3 is 4.90 Å². The molecular formula is C26H25N. The summed E-state index contributed by atoms with van der Waals surface area (Å²) in [5, 5.41) is 0. The minimum atomic E-state index is 1.16. The molecule has 0 bridgehead atoms. The number of allylic oxidation sites excluding steroid dienone is 5. The summed E-state index contributed by atoms with van der Waals surface area (Å²) in [7, 11) is 2.10. The highest BCUT2D eigenvalue weighted by Gasteiger charge is 2.05. The Morgan fingerprint density at radius 1 is 0.778 bits per heavy atom. The number of nitrogens with zero attached hydrogens (tertiary/aromatic N) is 1. The van der Waals surface area contributed by atoms with Crippen molar-refractivity contribution in [2.75, 3.05) is 11.9 Å². The quantitative estimate of drug-likeness (QED) is 0.422. The zero-order chi connectivity index (χ0) is 19.1. The maximum absolute atomic E-state index is 3.74. The van der Waals surface area contributed by atoms with E-state index in [1.54, 1.807) is 6.08 Å². The number of hydrogen-bond acceptors (Lipinski definition) is 1. The average molecular weight is 351 g/mol. The molecule has 0 radical (unpaired) electrons. The van der Waals surface area contributed by atoms with Crippen molar-refractivity contribution in [1.29, 1.82) is 0 Å². The smallest absolute Gasteiger partial charge is 0.0408 e. The van der Waals surface area contributed by atoms with Crippen LogP contribution in [-0.2, 0) is 0 Å². The Bertz CT molecular complexity index is 930. The normalized spacial score (nSPS) is 11.6. The molecule has 1 heteroatoms. The lowest BCUT2D eigenvalue weighted by atomic mass is 10.0. The van der Waals surface area contributed by atoms with Crippen molar-refractivity contribution in [1.82, 2.24) is 0 Å². The van der Waals surface area contributed by atoms with Crippen molar-refractivity contribution < 1.29 is 0 Å². The van der Waals surface area contributed by atoms with Gasteiger partial charge in [0, 0.05) is 18.4 Å². The van der Waals surface area contributed by atoms with Gasteiger partial charge in [-0.05, 0) is 53.5 Å². The standard InChI is InChI=1S/C26H25N/c1-4-6-10-21(5-2)23-13-17-25(18-14-23)27(3)26-19-15-24(16-20-26)22-11-8-7-9-12-22/h4-20H,1H2,2-3H3/b10-6-,21-5+. The summed E-state index contributed by atoms with van der Waals surface area (Å²) in [5.74, 6) is 0. The largest absolute Gasteiger partial charge is 0.345 e. The first kappa shape index (κ1) is 18.5. The van der Waals surface area contributed by atoms with E-state index in [9.17, 15) is 0 Å². The lowest BCUT2D eigenvalue weighted by Gasteiger charge is -2.20. The molecule has 0 aliphatic carbocycles. The fourth-order valence-corrected chi connectivity index (χ4v) is 3.07. The van der Waals surface area contributed by atoms with Crippen LogP contribution in [0.5, 0.6) is 0 Å². The maximum atomic E-state index is 3.74. The molecule has 27 heavy (non-hydrogen) atoms. The lowest BCUT2D eigenvalue weighted by Crippen LogP contribution is -2.09. The van der Waals surface area contributed by atoms with Crippen molar-refractivity contribution in [3.05, 3.63) is 115 Å². The van der Waals surface area contributed by atoms with Gasteiger partial charge in [0.15, 0.2) is 0 Å². The van der Waals surface area contributed by atoms with Crippen LogP contribution in [0.15, 0.2) is 110 Å². The van der Waals surface area contributed by atoms with E-state index in [0.29, 0.717) is 0 Å². The van der Waals surface area contributed by atoms with Gasteiger partial charge >= 0.3 is 0 Å². The van der Waals surface area contributed by atoms with Crippen molar-refractivity contribution in [3.63, 3.8) is 0 Å². The third-order valence-corrected chi connectivity index (χ3v) is 4.67. The molecule has 0 unspecified atom stereocenters. The first-order valence-corrected chi connectivity index (χ1v) is 9.18. The summed E-state index contributed by atoms with van der Waals surface area (Å²) in [4.78, 5) is 2.20. The Morgan fingerprint density at radius 3 is 1.89 bits per heavy atom. The molecular weight excluding hydrogens is 326 g/mol. The molecule has 0 atom stereocenters. The van der Waals surface area contributed by atoms with Crippen LogP contribution in [0, 0.1) is 0 Å². The Hall–Kier alpha value is -3.32. The van der Waals surface area contributed by atoms with Gasteiger partial charge in [0.05, 0.1) is 0 Å². The molecule has 134 valence electrons. The number of benzene rings is 3. The van der Waals surface area contributed by atoms with Crippen LogP contribution in [0.1, 0.15) is 12.5 Å². The summed E-state index contributed by atoms with van der Waals surface area (Å²) in [6.45, 7) is 5.79. The second kappa shape index (κ2) is 8.86. The molecule has 3 aromatic carbocycles. The zero-order valence-corrected chi connectivity index (χ0v) is 16.0. The van der Waals surface area contributed by atoms with Crippen molar-refractivity contribution in [2.24, 2.45) is 0 Å². The molecule has 0 saturated carbocycles. The first-order valence-electron chi connectivity index (χ1n) is 9.18. The monoisotopic (exact) mass is 351 g/mol. The van der Waals surface area contributed by atoms with Crippen molar-refractivity contribution >= 4 is 16.9 Å². The van der Waals surface area contributed by atoms with Gasteiger partial charge in [0.1, 0.15) is 0 Å². The van der Waals surface area contributed by atoms with Crippen LogP contribution in [0.3, 0.4) is 0 Å². The summed E-state index contributed by atoms with van der Waals surface area (Å²) >= 11 is 0. The summed E-state index contributed by atoms with van der Waals surface area (Å²) in [6.07, 6.45) is 7.95. The van der Waals surface area contributed by atoms with Crippen LogP contribution in [0.2, 0.25) is 0 Å². The van der Waals surface area contributed by atoms with E-state index >= 15 is 0 Å². The molecule has 0 fully saturated rings. The van der Waals surface area contributed by atoms with E-state index in [1.165, 1.54) is 28.0 Å². The average Bonchev–Trinajstić information content (AvgIpc) is 2.75. The highest BCUT2D eigenvalue weighted by atomic mass is 15.1. The Labute approximate surface area is 162 Å². The van der Waals surface area contributed by atoms with Gasteiger partial charge in [0.2, 0.25) is 0 Å². The van der Waals surface area contributed by atoms with Crippen LogP contribution < -0.4 is 4.90 Å². The maximum Gasteiger partial charge on any atom is 0.0408 e. The molecule has 1 nitrogen and oxygen atoms in total. The van der Waals surface area contributed by atoms with Crippen LogP contribution in [0.25, 0.3) is 16.7 Å². The fourth-order valence-electron chi connectivity index (χ4n) is 3.07. The zero-order valence-electron chi connectivity index (χ0n) is 16.0. The van der Waals surface area contributed by atoms with Gasteiger partial charge in [-0.1, -0.05) is 85.5 Å². The molecule has 0 N–H and O–H groups in total. The fraction of sp³-hybridized carbons (Fsp3) is 0.0769. The first-order chi connectivity index (χ1) is 13.2. The molecule has 0 aliphatic heterocycles. The molecule has 3 rings (SSSR count). The number of hydrogen-bond donors (Lipinski definition) is 0. The minimum absolute atomic E-state index is 1.16. The van der Waals surface area contributed by atoms with Crippen LogP contribution in [-0.4, -0.2) is 7.05 Å². The van der Waals surface area contributed by atoms with E-state index in [1.807, 2.05) is 12.1 Å². The SMILES string of the molecule is C=C/C=C\C(=C/C)c1ccc(N(C)c2ccc(-c3ccccc3)cc2)cc1. The van der Waals surface area contributed by atoms with E-state index in [-0.39, 0.29) is 0 Å². The second-order valence-electron chi connectivity index (χ2n) is 6.36. The Kier molecular flexibility index (Phi) is 6.06. The lowest BCUT2D eigenvalue weighted by molar-refractivity contribution is 1.21. The minimum Gasteiger partial charge on any atom is -0.345 e. The Balaban J connectivity index is 1.78. The highest BCUT2D eigenvalue weighted by Crippen LogP contribution is 2.28. The number of anilines is 2. The van der Waals surface area contributed by atoms with Gasteiger partial charge in [-0.25, -0.2) is 0 Å². The molecule has 0 amide bonds. The van der Waals surface area contributed by atoms with Gasteiger partial charge in [0.25, 0.3) is 0 Å². The third kappa shape index (κ3) is 4.45. The molecule has 0 saturated heterocycles. The van der Waals surface area contributed by atoms with E-state index < -0.39 is 0 Å². The predicted octanol–water partition coefficient (Wildman–Crippen LogP) is 7.27. The van der Waals surface area contributed by atoms with E-state index in [0.717, 1.165) is 5.69 Å². The molecule has 0 heterocycles. The highest BCUT2D eigenvalue weighted by molar-refractivity contribution is 5.76. The molecule has 3 aromatic rings. The number of rotatable bonds is 6. The van der Waals surface area contributed by atoms with E-state index in [4.69, 9.17) is 0 Å². The summed E-state index contributed by atoms with van der Waals surface area (Å²) in [6, 6.07) is 27.8. The van der Waals surface area contributed by atoms with Gasteiger partial charge in [-0.15, -0.1) is 0 Å². The topological polar surface area (TPSA) is 3.24 Å². The van der Waals surface area contributed by atoms with Crippen LogP contribution in [0.4, 0.5) is 11.4 Å². The van der Waals surface area contributed by atoms with Gasteiger partial charge in [-0.2, -0.15) is 0 Å². The summed E-state index contributed by atoms with van der Waals surface area (Å²) < 4.78 is 0. The predicted molar refractivity (Wildman–Crippen MR) is 119 cm³/mol. The van der Waals surface area contributed by atoms with Gasteiger partial charge in [-0.3, -0.25) is 0 Å². The summed E-state index contributed by atoms with van der Waals surface area (Å²) in [5.41, 5.74) is 7.19. The van der Waals surface area contributed by atoms with Crippen LogP contribution >= 0.6 is 0 Å². The van der Waals surface area contributed by atoms with Crippen molar-refractivity contribution in [2.45, 2.75) is 6.92 Å².